The second kappa shape index (κ2) is 6.50. The topological polar surface area (TPSA) is 12.0 Å². The number of nitrogens with one attached hydrogen (secondary N) is 1. The average Bonchev–Trinajstić information content (AvgIpc) is 2.71. The fourth-order valence-electron chi connectivity index (χ4n) is 4.09. The maximum absolute atomic E-state index is 4.04. The summed E-state index contributed by atoms with van der Waals surface area (Å²) in [4.78, 5) is 0. The molecule has 1 aromatic carbocycles. The minimum absolute atomic E-state index is 0.124. The van der Waals surface area contributed by atoms with Crippen LogP contribution in [0.25, 0.3) is 5.57 Å². The van der Waals surface area contributed by atoms with Crippen LogP contribution in [-0.2, 0) is 0 Å². The molecule has 0 amide bonds. The van der Waals surface area contributed by atoms with Crippen molar-refractivity contribution in [2.24, 2.45) is 0 Å². The van der Waals surface area contributed by atoms with Crippen molar-refractivity contribution in [3.8, 4) is 0 Å². The van der Waals surface area contributed by atoms with Crippen molar-refractivity contribution in [1.29, 1.82) is 0 Å². The second-order valence-corrected chi connectivity index (χ2v) is 12.7. The van der Waals surface area contributed by atoms with E-state index < -0.39 is 8.07 Å². The SMILES string of the molecule is CC1=C(C)[C@@H]([P@@](NC(C)(C)C)C(C)(C)C)c2c(C)c(C)c(C)c(C)c21. The molecule has 0 fully saturated rings. The predicted molar refractivity (Wildman–Crippen MR) is 116 cm³/mol. The van der Waals surface area contributed by atoms with Gasteiger partial charge in [-0.3, -0.25) is 5.09 Å². The Morgan fingerprint density at radius 2 is 1.20 bits per heavy atom. The Kier molecular flexibility index (Phi) is 5.37. The van der Waals surface area contributed by atoms with Crippen molar-refractivity contribution in [3.63, 3.8) is 0 Å². The van der Waals surface area contributed by atoms with E-state index in [1.165, 1.54) is 33.4 Å². The van der Waals surface area contributed by atoms with Gasteiger partial charge in [0, 0.05) is 11.2 Å². The number of hydrogen-bond donors (Lipinski definition) is 1. The molecule has 0 saturated heterocycles. The van der Waals surface area contributed by atoms with E-state index in [2.05, 4.69) is 88.2 Å². The molecule has 1 aliphatic rings. The lowest BCUT2D eigenvalue weighted by Crippen LogP contribution is -2.38. The van der Waals surface area contributed by atoms with Gasteiger partial charge in [0.05, 0.1) is 0 Å². The summed E-state index contributed by atoms with van der Waals surface area (Å²) >= 11 is 0. The van der Waals surface area contributed by atoms with Crippen molar-refractivity contribution >= 4 is 13.6 Å². The number of allylic oxidation sites excluding steroid dienone is 2. The molecule has 1 nitrogen and oxygen atoms in total. The summed E-state index contributed by atoms with van der Waals surface area (Å²) in [6.07, 6.45) is 0. The Hall–Kier alpha value is -0.650. The molecule has 25 heavy (non-hydrogen) atoms. The molecule has 1 N–H and O–H groups in total. The Morgan fingerprint density at radius 1 is 0.720 bits per heavy atom. The molecule has 0 aromatic heterocycles. The van der Waals surface area contributed by atoms with Gasteiger partial charge in [-0.15, -0.1) is 0 Å². The molecule has 0 aliphatic heterocycles. The summed E-state index contributed by atoms with van der Waals surface area (Å²) in [5, 5.41) is 4.29. The first-order valence-electron chi connectivity index (χ1n) is 9.53. The molecule has 0 heterocycles. The monoisotopic (exact) mass is 359 g/mol. The van der Waals surface area contributed by atoms with Crippen LogP contribution in [0.3, 0.4) is 0 Å². The van der Waals surface area contributed by atoms with E-state index in [9.17, 15) is 0 Å². The van der Waals surface area contributed by atoms with E-state index in [1.807, 2.05) is 0 Å². The fraction of sp³-hybridized carbons (Fsp3) is 0.652. The van der Waals surface area contributed by atoms with E-state index in [-0.39, 0.29) is 10.7 Å². The Labute approximate surface area is 157 Å². The van der Waals surface area contributed by atoms with E-state index in [1.54, 1.807) is 11.1 Å². The smallest absolute Gasteiger partial charge is 0.0398 e. The zero-order chi connectivity index (χ0) is 19.5. The second-order valence-electron chi connectivity index (χ2n) is 9.90. The quantitative estimate of drug-likeness (QED) is 0.544. The van der Waals surface area contributed by atoms with Crippen LogP contribution in [0.5, 0.6) is 0 Å². The molecule has 0 radical (unpaired) electrons. The van der Waals surface area contributed by atoms with E-state index in [0.29, 0.717) is 5.66 Å². The lowest BCUT2D eigenvalue weighted by atomic mass is 9.88. The molecule has 1 aliphatic carbocycles. The molecule has 2 rings (SSSR count). The van der Waals surface area contributed by atoms with Gasteiger partial charge in [-0.1, -0.05) is 26.3 Å². The normalized spacial score (nSPS) is 19.4. The molecule has 1 aromatic rings. The number of rotatable bonds is 2. The standard InChI is InChI=1S/C23H38NP/c1-13-14(2)16(4)20-19(15(13)3)17(5)18(6)21(20)25(23(10,11)12)24-22(7,8)9/h21,24H,1-12H3/t21-,25-/m1/s1. The van der Waals surface area contributed by atoms with Crippen LogP contribution in [0.2, 0.25) is 0 Å². The minimum Gasteiger partial charge on any atom is -0.290 e. The summed E-state index contributed by atoms with van der Waals surface area (Å²) in [5.74, 6) is 0. The van der Waals surface area contributed by atoms with Crippen LogP contribution in [0.15, 0.2) is 5.57 Å². The van der Waals surface area contributed by atoms with Crippen molar-refractivity contribution in [2.75, 3.05) is 0 Å². The van der Waals surface area contributed by atoms with E-state index in [0.717, 1.165) is 0 Å². The highest BCUT2D eigenvalue weighted by atomic mass is 31.1. The average molecular weight is 360 g/mol. The van der Waals surface area contributed by atoms with Gasteiger partial charge >= 0.3 is 0 Å². The van der Waals surface area contributed by atoms with Gasteiger partial charge in [0.2, 0.25) is 0 Å². The number of fused-ring (bicyclic) bond motifs is 1. The molecule has 0 saturated carbocycles. The fourth-order valence-corrected chi connectivity index (χ4v) is 7.21. The molecule has 0 bridgehead atoms. The van der Waals surface area contributed by atoms with Crippen molar-refractivity contribution < 1.29 is 0 Å². The highest BCUT2D eigenvalue weighted by Crippen LogP contribution is 2.66. The summed E-state index contributed by atoms with van der Waals surface area (Å²) in [6, 6.07) is 0. The third kappa shape index (κ3) is 3.60. The van der Waals surface area contributed by atoms with Gasteiger partial charge in [-0.25, -0.2) is 0 Å². The highest BCUT2D eigenvalue weighted by Gasteiger charge is 2.42. The summed E-state index contributed by atoms with van der Waals surface area (Å²) in [5.41, 5.74) is 12.8. The summed E-state index contributed by atoms with van der Waals surface area (Å²) in [6.45, 7) is 28.1. The van der Waals surface area contributed by atoms with Crippen LogP contribution in [0, 0.1) is 27.7 Å². The van der Waals surface area contributed by atoms with Gasteiger partial charge in [0.25, 0.3) is 0 Å². The number of hydrogen-bond acceptors (Lipinski definition) is 1. The zero-order valence-corrected chi connectivity index (χ0v) is 19.4. The number of benzene rings is 1. The Morgan fingerprint density at radius 3 is 1.64 bits per heavy atom. The molecule has 0 spiro atoms. The van der Waals surface area contributed by atoms with Crippen LogP contribution >= 0.6 is 8.07 Å². The van der Waals surface area contributed by atoms with Gasteiger partial charge < -0.3 is 0 Å². The third-order valence-electron chi connectivity index (χ3n) is 5.82. The van der Waals surface area contributed by atoms with Crippen LogP contribution in [-0.4, -0.2) is 10.7 Å². The van der Waals surface area contributed by atoms with Crippen LogP contribution < -0.4 is 5.09 Å². The highest BCUT2D eigenvalue weighted by molar-refractivity contribution is 7.58. The summed E-state index contributed by atoms with van der Waals surface area (Å²) < 4.78 is 0. The first kappa shape index (κ1) is 20.7. The van der Waals surface area contributed by atoms with Gasteiger partial charge in [-0.05, 0) is 114 Å². The maximum atomic E-state index is 4.04. The Bertz CT molecular complexity index is 726. The molecule has 2 atom stereocenters. The lowest BCUT2D eigenvalue weighted by molar-refractivity contribution is 0.517. The molecular weight excluding hydrogens is 321 g/mol. The predicted octanol–water partition coefficient (Wildman–Crippen LogP) is 7.35. The first-order chi connectivity index (χ1) is 11.2. The Balaban J connectivity index is 2.77. The zero-order valence-electron chi connectivity index (χ0n) is 18.5. The van der Waals surface area contributed by atoms with Crippen LogP contribution in [0.1, 0.15) is 94.4 Å². The van der Waals surface area contributed by atoms with Gasteiger partial charge in [-0.2, -0.15) is 0 Å². The third-order valence-corrected chi connectivity index (χ3v) is 9.34. The van der Waals surface area contributed by atoms with Gasteiger partial charge in [0.15, 0.2) is 0 Å². The van der Waals surface area contributed by atoms with E-state index >= 15 is 0 Å². The minimum atomic E-state index is -0.402. The molecule has 140 valence electrons. The summed E-state index contributed by atoms with van der Waals surface area (Å²) in [7, 11) is -0.402. The van der Waals surface area contributed by atoms with E-state index in [4.69, 9.17) is 0 Å². The largest absolute Gasteiger partial charge is 0.290 e. The molecule has 0 unspecified atom stereocenters. The first-order valence-corrected chi connectivity index (χ1v) is 10.9. The molecule has 2 heteroatoms. The molecular formula is C23H38NP. The maximum Gasteiger partial charge on any atom is 0.0398 e. The van der Waals surface area contributed by atoms with Crippen molar-refractivity contribution in [2.45, 2.75) is 99.4 Å². The lowest BCUT2D eigenvalue weighted by Gasteiger charge is -2.42. The van der Waals surface area contributed by atoms with Crippen LogP contribution in [0.4, 0.5) is 0 Å². The van der Waals surface area contributed by atoms with Crippen molar-refractivity contribution in [1.82, 2.24) is 5.09 Å². The van der Waals surface area contributed by atoms with Crippen molar-refractivity contribution in [3.05, 3.63) is 39.0 Å². The van der Waals surface area contributed by atoms with Gasteiger partial charge in [0.1, 0.15) is 0 Å².